The summed E-state index contributed by atoms with van der Waals surface area (Å²) in [5, 5.41) is 0. The molecule has 4 aromatic carbocycles. The van der Waals surface area contributed by atoms with Crippen molar-refractivity contribution >= 4 is 22.0 Å². The van der Waals surface area contributed by atoms with Crippen molar-refractivity contribution in [3.8, 4) is 34.0 Å². The lowest BCUT2D eigenvalue weighted by molar-refractivity contribution is -0.199. The summed E-state index contributed by atoms with van der Waals surface area (Å²) in [5.74, 6) is -1.93. The van der Waals surface area contributed by atoms with Crippen LogP contribution in [0.5, 0.6) is 11.6 Å². The van der Waals surface area contributed by atoms with Crippen LogP contribution in [-0.4, -0.2) is 54.6 Å². The van der Waals surface area contributed by atoms with E-state index in [0.29, 0.717) is 16.7 Å². The number of alkyl halides is 3. The number of nitrogen functional groups attached to an aromatic ring is 1. The fourth-order valence-corrected chi connectivity index (χ4v) is 5.79. The Kier molecular flexibility index (Phi) is 12.9. The Morgan fingerprint density at radius 3 is 2.08 bits per heavy atom. The highest BCUT2D eigenvalue weighted by Gasteiger charge is 2.45. The zero-order valence-corrected chi connectivity index (χ0v) is 28.0. The molecule has 0 bridgehead atoms. The molecular formula is C35H35F3N4O8S. The minimum Gasteiger partial charge on any atom is -0.496 e. The van der Waals surface area contributed by atoms with Crippen molar-refractivity contribution in [2.45, 2.75) is 36.6 Å². The number of aryl methyl sites for hydroxylation is 1. The van der Waals surface area contributed by atoms with E-state index in [2.05, 4.69) is 9.97 Å². The smallest absolute Gasteiger partial charge is 0.429 e. The molecule has 0 aliphatic carbocycles. The number of nitrogens with two attached hydrogens (primary N) is 2. The second-order valence-electron chi connectivity index (χ2n) is 11.0. The van der Waals surface area contributed by atoms with Gasteiger partial charge in [-0.1, -0.05) is 84.4 Å². The van der Waals surface area contributed by atoms with Crippen LogP contribution in [0.3, 0.4) is 0 Å². The van der Waals surface area contributed by atoms with Gasteiger partial charge >= 0.3 is 22.3 Å². The lowest BCUT2D eigenvalue weighted by Crippen LogP contribution is -2.35. The molecule has 5 aromatic rings. The second kappa shape index (κ2) is 16.4. The summed E-state index contributed by atoms with van der Waals surface area (Å²) < 4.78 is 83.7. The number of ether oxygens (including phenoxy) is 2. The first-order valence-electron chi connectivity index (χ1n) is 14.7. The molecule has 5 rings (SSSR count). The molecule has 0 radical (unpaired) electrons. The summed E-state index contributed by atoms with van der Waals surface area (Å²) in [7, 11) is -3.09. The molecule has 0 fully saturated rings. The predicted molar refractivity (Wildman–Crippen MR) is 183 cm³/mol. The van der Waals surface area contributed by atoms with Gasteiger partial charge in [0.2, 0.25) is 17.9 Å². The number of halogens is 3. The molecule has 0 aliphatic rings. The van der Waals surface area contributed by atoms with Crippen molar-refractivity contribution in [3.63, 3.8) is 0 Å². The number of aromatic nitrogens is 2. The number of hydrogen-bond donors (Lipinski definition) is 2. The quantitative estimate of drug-likeness (QED) is 0.181. The lowest BCUT2D eigenvalue weighted by atomic mass is 10.0. The maximum Gasteiger partial charge on any atom is 0.429 e. The molecule has 270 valence electrons. The van der Waals surface area contributed by atoms with Crippen LogP contribution in [0.25, 0.3) is 22.4 Å². The zero-order chi connectivity index (χ0) is 35.3. The number of hydrogen-bond acceptors (Lipinski definition) is 10. The van der Waals surface area contributed by atoms with Crippen LogP contribution < -0.4 is 20.9 Å². The second-order valence-corrected chi connectivity index (χ2v) is 12.5. The Labute approximate surface area is 291 Å². The number of carbonyl (C=O) groups excluding carboxylic acids is 1. The first kappa shape index (κ1) is 39.9. The van der Waals surface area contributed by atoms with Crippen molar-refractivity contribution in [2.24, 2.45) is 5.73 Å². The SMILES string of the molecule is COc1cc(-c2ccccc2)ccc1[C@@H](Oc1cc(-c2ccc(C[C@H](N)C(=O)OS(=O)(=O)c3ccc(C)cc3)cc2)nc(N)n1)C(F)(F)F.O.O. The molecule has 12 nitrogen and oxygen atoms in total. The largest absolute Gasteiger partial charge is 0.496 e. The highest BCUT2D eigenvalue weighted by Crippen LogP contribution is 2.42. The van der Waals surface area contributed by atoms with Gasteiger partial charge < -0.3 is 36.1 Å². The van der Waals surface area contributed by atoms with Crippen molar-refractivity contribution in [1.29, 1.82) is 0 Å². The minimum absolute atomic E-state index is 0. The highest BCUT2D eigenvalue weighted by molar-refractivity contribution is 7.87. The third-order valence-electron chi connectivity index (χ3n) is 7.39. The monoisotopic (exact) mass is 728 g/mol. The molecular weight excluding hydrogens is 693 g/mol. The normalized spacial score (nSPS) is 12.4. The molecule has 1 heterocycles. The lowest BCUT2D eigenvalue weighted by Gasteiger charge is -2.24. The van der Waals surface area contributed by atoms with Crippen LogP contribution in [0.4, 0.5) is 19.1 Å². The summed E-state index contributed by atoms with van der Waals surface area (Å²) in [6, 6.07) is 25.5. The summed E-state index contributed by atoms with van der Waals surface area (Å²) in [4.78, 5) is 20.3. The Bertz CT molecular complexity index is 2050. The average Bonchev–Trinajstić information content (AvgIpc) is 3.07. The van der Waals surface area contributed by atoms with Crippen LogP contribution >= 0.6 is 0 Å². The van der Waals surface area contributed by atoms with E-state index < -0.39 is 40.3 Å². The molecule has 0 unspecified atom stereocenters. The molecule has 1 aromatic heterocycles. The minimum atomic E-state index is -4.86. The molecule has 2 atom stereocenters. The van der Waals surface area contributed by atoms with Crippen LogP contribution in [0, 0.1) is 6.92 Å². The first-order chi connectivity index (χ1) is 23.2. The molecule has 0 saturated heterocycles. The topological polar surface area (TPSA) is 220 Å². The van der Waals surface area contributed by atoms with Crippen LogP contribution in [0.1, 0.15) is 22.8 Å². The summed E-state index contributed by atoms with van der Waals surface area (Å²) in [6.45, 7) is 1.78. The van der Waals surface area contributed by atoms with Crippen molar-refractivity contribution in [1.82, 2.24) is 9.97 Å². The number of benzene rings is 4. The maximum absolute atomic E-state index is 14.4. The Morgan fingerprint density at radius 1 is 0.843 bits per heavy atom. The summed E-state index contributed by atoms with van der Waals surface area (Å²) >= 11 is 0. The third kappa shape index (κ3) is 9.79. The predicted octanol–water partition coefficient (Wildman–Crippen LogP) is 4.54. The fourth-order valence-electron chi connectivity index (χ4n) is 4.89. The van der Waals surface area contributed by atoms with Gasteiger partial charge in [0, 0.05) is 17.2 Å². The van der Waals surface area contributed by atoms with Crippen LogP contribution in [0.2, 0.25) is 0 Å². The van der Waals surface area contributed by atoms with Gasteiger partial charge in [-0.15, -0.1) is 0 Å². The molecule has 16 heteroatoms. The Hall–Kier alpha value is -5.55. The number of anilines is 1. The number of methoxy groups -OCH3 is 1. The Balaban J connectivity index is 0.00000351. The molecule has 51 heavy (non-hydrogen) atoms. The zero-order valence-electron chi connectivity index (χ0n) is 27.2. The van der Waals surface area contributed by atoms with Gasteiger partial charge in [0.05, 0.1) is 12.8 Å². The van der Waals surface area contributed by atoms with Crippen LogP contribution in [-0.2, 0) is 25.5 Å². The van der Waals surface area contributed by atoms with Gasteiger partial charge in [0.25, 0.3) is 0 Å². The van der Waals surface area contributed by atoms with Gasteiger partial charge in [0.1, 0.15) is 16.7 Å². The van der Waals surface area contributed by atoms with E-state index in [1.54, 1.807) is 49.4 Å². The number of rotatable bonds is 11. The first-order valence-corrected chi connectivity index (χ1v) is 16.2. The maximum atomic E-state index is 14.4. The van der Waals surface area contributed by atoms with Gasteiger partial charge in [-0.3, -0.25) is 0 Å². The molecule has 8 N–H and O–H groups in total. The van der Waals surface area contributed by atoms with E-state index in [1.165, 1.54) is 37.4 Å². The summed E-state index contributed by atoms with van der Waals surface area (Å²) in [5.41, 5.74) is 15.0. The average molecular weight is 729 g/mol. The van der Waals surface area contributed by atoms with E-state index in [0.717, 1.165) is 11.1 Å². The van der Waals surface area contributed by atoms with Crippen molar-refractivity contribution in [2.75, 3.05) is 12.8 Å². The van der Waals surface area contributed by atoms with Crippen molar-refractivity contribution < 1.29 is 51.0 Å². The van der Waals surface area contributed by atoms with Crippen molar-refractivity contribution in [3.05, 3.63) is 120 Å². The van der Waals surface area contributed by atoms with E-state index in [1.807, 2.05) is 30.3 Å². The van der Waals surface area contributed by atoms with Gasteiger partial charge in [-0.25, -0.2) is 9.78 Å². The number of carbonyl (C=O) groups is 1. The van der Waals surface area contributed by atoms with E-state index in [4.69, 9.17) is 25.1 Å². The fraction of sp³-hybridized carbons (Fsp3) is 0.171. The van der Waals surface area contributed by atoms with Gasteiger partial charge in [0.15, 0.2) is 0 Å². The summed E-state index contributed by atoms with van der Waals surface area (Å²) in [6.07, 6.45) is -7.38. The van der Waals surface area contributed by atoms with E-state index >= 15 is 0 Å². The molecule has 0 saturated carbocycles. The number of nitrogens with zero attached hydrogens (tertiary/aromatic N) is 2. The van der Waals surface area contributed by atoms with Gasteiger partial charge in [-0.05, 0) is 48.2 Å². The molecule has 0 amide bonds. The van der Waals surface area contributed by atoms with Gasteiger partial charge in [-0.2, -0.15) is 26.6 Å². The molecule has 0 spiro atoms. The Morgan fingerprint density at radius 2 is 1.47 bits per heavy atom. The standard InChI is InChI=1S/C35H31F3N4O6S.2H2O/c1-21-8-15-26(16-9-21)49(44,45)48-33(43)28(39)18-22-10-12-24(13-11-22)29-20-31(42-34(40)41-29)47-32(35(36,37)38)27-17-14-25(19-30(27)46-2)23-6-4-3-5-7-23;;/h3-17,19-20,28,32H,18,39H2,1-2H3,(H2,40,41,42);2*1H2/t28-,32+;;/m0../s1. The van der Waals surface area contributed by atoms with E-state index in [9.17, 15) is 26.4 Å². The van der Waals surface area contributed by atoms with E-state index in [-0.39, 0.29) is 45.2 Å². The molecule has 0 aliphatic heterocycles. The third-order valence-corrected chi connectivity index (χ3v) is 8.62. The highest BCUT2D eigenvalue weighted by atomic mass is 32.2. The van der Waals surface area contributed by atoms with Crippen LogP contribution in [0.15, 0.2) is 108 Å².